The quantitative estimate of drug-likeness (QED) is 0.300. The molecular weight excluding hydrogens is 389 g/mol. The Morgan fingerprint density at radius 2 is 1.77 bits per heavy atom. The Kier molecular flexibility index (Phi) is 6.14. The van der Waals surface area contributed by atoms with Gasteiger partial charge in [-0.05, 0) is 24.3 Å². The van der Waals surface area contributed by atoms with Crippen LogP contribution in [0.2, 0.25) is 10.0 Å². The van der Waals surface area contributed by atoms with Gasteiger partial charge in [-0.2, -0.15) is 0 Å². The average molecular weight is 404 g/mol. The van der Waals surface area contributed by atoms with E-state index in [1.807, 2.05) is 22.8 Å². The van der Waals surface area contributed by atoms with E-state index >= 15 is 0 Å². The summed E-state index contributed by atoms with van der Waals surface area (Å²) < 4.78 is 1.89. The predicted molar refractivity (Wildman–Crippen MR) is 107 cm³/mol. The van der Waals surface area contributed by atoms with Gasteiger partial charge >= 0.3 is 0 Å². The molecule has 0 N–H and O–H groups in total. The minimum absolute atomic E-state index is 0.0620. The standard InChI is InChI=1S/C19H15Cl2N3OS/c1-2-11-24-18(14-8-4-6-10-16(14)21)22-23-19(24)26-12-17(25)13-7-3-5-9-15(13)20/h2-10H,1,11-12H2. The first kappa shape index (κ1) is 18.7. The molecule has 1 heterocycles. The summed E-state index contributed by atoms with van der Waals surface area (Å²) in [7, 11) is 0. The summed E-state index contributed by atoms with van der Waals surface area (Å²) in [5, 5.41) is 10.1. The van der Waals surface area contributed by atoms with E-state index in [-0.39, 0.29) is 11.5 Å². The van der Waals surface area contributed by atoms with E-state index in [1.54, 1.807) is 36.4 Å². The Labute approximate surface area is 165 Å². The molecular formula is C19H15Cl2N3OS. The molecule has 0 spiro atoms. The average Bonchev–Trinajstić information content (AvgIpc) is 3.03. The third-order valence-corrected chi connectivity index (χ3v) is 5.28. The lowest BCUT2D eigenvalue weighted by molar-refractivity contribution is 0.102. The van der Waals surface area contributed by atoms with Gasteiger partial charge in [-0.25, -0.2) is 0 Å². The number of rotatable bonds is 7. The van der Waals surface area contributed by atoms with Crippen LogP contribution in [0.15, 0.2) is 66.3 Å². The number of allylic oxidation sites excluding steroid dienone is 1. The minimum Gasteiger partial charge on any atom is -0.298 e. The van der Waals surface area contributed by atoms with Crippen LogP contribution in [0, 0.1) is 0 Å². The number of benzene rings is 2. The minimum atomic E-state index is -0.0620. The van der Waals surface area contributed by atoms with Crippen molar-refractivity contribution in [2.24, 2.45) is 0 Å². The van der Waals surface area contributed by atoms with Crippen molar-refractivity contribution < 1.29 is 4.79 Å². The van der Waals surface area contributed by atoms with Crippen molar-refractivity contribution in [2.75, 3.05) is 5.75 Å². The summed E-state index contributed by atoms with van der Waals surface area (Å²) in [6.07, 6.45) is 1.75. The molecule has 1 aromatic heterocycles. The Balaban J connectivity index is 1.85. The first-order chi connectivity index (χ1) is 12.6. The summed E-state index contributed by atoms with van der Waals surface area (Å²) in [5.41, 5.74) is 1.29. The molecule has 0 aliphatic heterocycles. The maximum Gasteiger partial charge on any atom is 0.192 e. The molecule has 0 bridgehead atoms. The van der Waals surface area contributed by atoms with Gasteiger partial charge in [0.15, 0.2) is 16.8 Å². The molecule has 4 nitrogen and oxygen atoms in total. The Morgan fingerprint density at radius 3 is 2.46 bits per heavy atom. The van der Waals surface area contributed by atoms with Gasteiger partial charge in [0.05, 0.1) is 15.8 Å². The fraction of sp³-hybridized carbons (Fsp3) is 0.105. The van der Waals surface area contributed by atoms with Crippen molar-refractivity contribution >= 4 is 40.7 Å². The molecule has 0 aliphatic carbocycles. The number of nitrogens with zero attached hydrogens (tertiary/aromatic N) is 3. The zero-order valence-electron chi connectivity index (χ0n) is 13.7. The molecule has 26 heavy (non-hydrogen) atoms. The molecule has 3 aromatic rings. The molecule has 0 aliphatic rings. The summed E-state index contributed by atoms with van der Waals surface area (Å²) in [5.74, 6) is 0.790. The smallest absolute Gasteiger partial charge is 0.192 e. The van der Waals surface area contributed by atoms with Crippen molar-refractivity contribution in [1.82, 2.24) is 14.8 Å². The largest absolute Gasteiger partial charge is 0.298 e. The highest BCUT2D eigenvalue weighted by Crippen LogP contribution is 2.29. The van der Waals surface area contributed by atoms with Gasteiger partial charge < -0.3 is 0 Å². The summed E-state index contributed by atoms with van der Waals surface area (Å²) in [4.78, 5) is 12.4. The number of Topliss-reactive ketones (excluding diaryl/α,β-unsaturated/α-hetero) is 1. The van der Waals surface area contributed by atoms with Crippen molar-refractivity contribution in [1.29, 1.82) is 0 Å². The van der Waals surface area contributed by atoms with Crippen molar-refractivity contribution in [3.05, 3.63) is 76.8 Å². The van der Waals surface area contributed by atoms with Crippen LogP contribution >= 0.6 is 35.0 Å². The highest BCUT2D eigenvalue weighted by molar-refractivity contribution is 7.99. The molecule has 0 atom stereocenters. The van der Waals surface area contributed by atoms with Gasteiger partial charge in [0.1, 0.15) is 0 Å². The van der Waals surface area contributed by atoms with Gasteiger partial charge in [-0.1, -0.05) is 65.3 Å². The van der Waals surface area contributed by atoms with Crippen molar-refractivity contribution in [3.63, 3.8) is 0 Å². The lowest BCUT2D eigenvalue weighted by Crippen LogP contribution is -2.06. The van der Waals surface area contributed by atoms with Crippen LogP contribution in [-0.2, 0) is 6.54 Å². The third-order valence-electron chi connectivity index (χ3n) is 3.65. The summed E-state index contributed by atoms with van der Waals surface area (Å²) in [6, 6.07) is 14.4. The number of halogens is 2. The zero-order chi connectivity index (χ0) is 18.5. The summed E-state index contributed by atoms with van der Waals surface area (Å²) >= 11 is 13.7. The predicted octanol–water partition coefficient (Wildman–Crippen LogP) is 5.41. The van der Waals surface area contributed by atoms with Gasteiger partial charge in [0, 0.05) is 17.7 Å². The number of aromatic nitrogens is 3. The number of thioether (sulfide) groups is 1. The van der Waals surface area contributed by atoms with Crippen LogP contribution in [-0.4, -0.2) is 26.3 Å². The van der Waals surface area contributed by atoms with Crippen molar-refractivity contribution in [3.8, 4) is 11.4 Å². The van der Waals surface area contributed by atoms with Gasteiger partial charge in [0.25, 0.3) is 0 Å². The van der Waals surface area contributed by atoms with Gasteiger partial charge in [-0.3, -0.25) is 9.36 Å². The monoisotopic (exact) mass is 403 g/mol. The van der Waals surface area contributed by atoms with Crippen LogP contribution in [0.5, 0.6) is 0 Å². The second kappa shape index (κ2) is 8.54. The Morgan fingerprint density at radius 1 is 1.08 bits per heavy atom. The maximum absolute atomic E-state index is 12.4. The highest BCUT2D eigenvalue weighted by Gasteiger charge is 2.17. The van der Waals surface area contributed by atoms with E-state index in [4.69, 9.17) is 23.2 Å². The van der Waals surface area contributed by atoms with E-state index in [0.717, 1.165) is 5.56 Å². The molecule has 0 saturated heterocycles. The molecule has 0 amide bonds. The molecule has 7 heteroatoms. The van der Waals surface area contributed by atoms with Gasteiger partial charge in [0.2, 0.25) is 0 Å². The normalized spacial score (nSPS) is 10.7. The second-order valence-corrected chi connectivity index (χ2v) is 7.13. The first-order valence-corrected chi connectivity index (χ1v) is 9.55. The molecule has 0 radical (unpaired) electrons. The van der Waals surface area contributed by atoms with Gasteiger partial charge in [-0.15, -0.1) is 16.8 Å². The van der Waals surface area contributed by atoms with E-state index in [1.165, 1.54) is 11.8 Å². The van der Waals surface area contributed by atoms with E-state index < -0.39 is 0 Å². The topological polar surface area (TPSA) is 47.8 Å². The number of hydrogen-bond acceptors (Lipinski definition) is 4. The first-order valence-electron chi connectivity index (χ1n) is 7.81. The zero-order valence-corrected chi connectivity index (χ0v) is 16.1. The molecule has 3 rings (SSSR count). The van der Waals surface area contributed by atoms with E-state index in [2.05, 4.69) is 16.8 Å². The fourth-order valence-electron chi connectivity index (χ4n) is 2.43. The number of ketones is 1. The summed E-state index contributed by atoms with van der Waals surface area (Å²) in [6.45, 7) is 4.30. The lowest BCUT2D eigenvalue weighted by atomic mass is 10.1. The molecule has 2 aromatic carbocycles. The third kappa shape index (κ3) is 4.01. The van der Waals surface area contributed by atoms with E-state index in [9.17, 15) is 4.79 Å². The van der Waals surface area contributed by atoms with Crippen LogP contribution in [0.3, 0.4) is 0 Å². The van der Waals surface area contributed by atoms with Crippen LogP contribution in [0.4, 0.5) is 0 Å². The highest BCUT2D eigenvalue weighted by atomic mass is 35.5. The van der Waals surface area contributed by atoms with E-state index in [0.29, 0.717) is 33.1 Å². The van der Waals surface area contributed by atoms with Crippen LogP contribution < -0.4 is 0 Å². The Hall–Kier alpha value is -2.08. The number of carbonyl (C=O) groups is 1. The molecule has 0 unspecified atom stereocenters. The lowest BCUT2D eigenvalue weighted by Gasteiger charge is -2.09. The molecule has 132 valence electrons. The molecule has 0 fully saturated rings. The fourth-order valence-corrected chi connectivity index (χ4v) is 3.72. The Bertz CT molecular complexity index is 955. The number of hydrogen-bond donors (Lipinski definition) is 0. The number of carbonyl (C=O) groups excluding carboxylic acids is 1. The molecule has 0 saturated carbocycles. The maximum atomic E-state index is 12.4. The SMILES string of the molecule is C=CCn1c(SCC(=O)c2ccccc2Cl)nnc1-c1ccccc1Cl. The van der Waals surface area contributed by atoms with Crippen LogP contribution in [0.25, 0.3) is 11.4 Å². The van der Waals surface area contributed by atoms with Crippen LogP contribution in [0.1, 0.15) is 10.4 Å². The second-order valence-electron chi connectivity index (χ2n) is 5.38. The van der Waals surface area contributed by atoms with Crippen molar-refractivity contribution in [2.45, 2.75) is 11.7 Å².